The van der Waals surface area contributed by atoms with Gasteiger partial charge in [0.1, 0.15) is 11.8 Å². The first-order valence-electron chi connectivity index (χ1n) is 8.34. The third-order valence-electron chi connectivity index (χ3n) is 4.40. The number of nitriles is 1. The number of carbonyl (C=O) groups is 1. The van der Waals surface area contributed by atoms with E-state index in [1.54, 1.807) is 19.1 Å². The fraction of sp³-hybridized carbons (Fsp3) is 0.350. The third kappa shape index (κ3) is 3.99. The predicted octanol–water partition coefficient (Wildman–Crippen LogP) is 4.17. The summed E-state index contributed by atoms with van der Waals surface area (Å²) < 4.78 is 0. The second-order valence-electron chi connectivity index (χ2n) is 5.88. The number of rotatable bonds is 6. The van der Waals surface area contributed by atoms with Gasteiger partial charge < -0.3 is 5.32 Å². The summed E-state index contributed by atoms with van der Waals surface area (Å²) >= 11 is 0. The lowest BCUT2D eigenvalue weighted by molar-refractivity contribution is 0.0914. The average molecular weight is 321 g/mol. The molecule has 2 rings (SSSR count). The molecule has 0 saturated carbocycles. The van der Waals surface area contributed by atoms with E-state index in [4.69, 9.17) is 5.26 Å². The Hall–Kier alpha value is -2.67. The molecule has 1 N–H and O–H groups in total. The molecule has 2 aromatic rings. The van der Waals surface area contributed by atoms with Gasteiger partial charge in [-0.15, -0.1) is 0 Å². The van der Waals surface area contributed by atoms with E-state index in [1.165, 1.54) is 0 Å². The first-order valence-corrected chi connectivity index (χ1v) is 8.34. The number of amides is 1. The summed E-state index contributed by atoms with van der Waals surface area (Å²) in [4.78, 5) is 16.9. The molecule has 1 aromatic heterocycles. The SMILES string of the molecule is CCC(CC)C(NC(=O)c1ccc(C#N)c(C)n1)c1ccccc1. The number of pyridine rings is 1. The Kier molecular flexibility index (Phi) is 6.08. The maximum atomic E-state index is 12.7. The van der Waals surface area contributed by atoms with Gasteiger partial charge in [-0.25, -0.2) is 4.98 Å². The largest absolute Gasteiger partial charge is 0.344 e. The molecule has 0 bridgehead atoms. The van der Waals surface area contributed by atoms with Crippen LogP contribution in [0.5, 0.6) is 0 Å². The molecule has 124 valence electrons. The Labute approximate surface area is 143 Å². The van der Waals surface area contributed by atoms with Crippen LogP contribution in [0.4, 0.5) is 0 Å². The highest BCUT2D eigenvalue weighted by molar-refractivity contribution is 5.92. The van der Waals surface area contributed by atoms with Gasteiger partial charge in [-0.1, -0.05) is 57.0 Å². The van der Waals surface area contributed by atoms with Crippen molar-refractivity contribution >= 4 is 5.91 Å². The van der Waals surface area contributed by atoms with Gasteiger partial charge in [-0.3, -0.25) is 4.79 Å². The second kappa shape index (κ2) is 8.26. The first-order chi connectivity index (χ1) is 11.6. The van der Waals surface area contributed by atoms with Gasteiger partial charge in [0, 0.05) is 0 Å². The molecule has 1 amide bonds. The standard InChI is InChI=1S/C20H23N3O/c1-4-15(5-2)19(16-9-7-6-8-10-16)23-20(24)18-12-11-17(13-21)14(3)22-18/h6-12,15,19H,4-5H2,1-3H3,(H,23,24). The summed E-state index contributed by atoms with van der Waals surface area (Å²) in [5.74, 6) is 0.152. The quantitative estimate of drug-likeness (QED) is 0.868. The van der Waals surface area contributed by atoms with E-state index >= 15 is 0 Å². The van der Waals surface area contributed by atoms with Crippen molar-refractivity contribution in [1.29, 1.82) is 5.26 Å². The first kappa shape index (κ1) is 17.7. The van der Waals surface area contributed by atoms with Gasteiger partial charge in [0.2, 0.25) is 0 Å². The molecule has 0 aliphatic rings. The van der Waals surface area contributed by atoms with Gasteiger partial charge in [0.05, 0.1) is 17.3 Å². The van der Waals surface area contributed by atoms with E-state index in [9.17, 15) is 4.79 Å². The van der Waals surface area contributed by atoms with Crippen LogP contribution in [0.1, 0.15) is 60.0 Å². The maximum Gasteiger partial charge on any atom is 0.270 e. The summed E-state index contributed by atoms with van der Waals surface area (Å²) in [5, 5.41) is 12.1. The molecule has 1 unspecified atom stereocenters. The van der Waals surface area contributed by atoms with E-state index < -0.39 is 0 Å². The second-order valence-corrected chi connectivity index (χ2v) is 5.88. The molecule has 4 heteroatoms. The Bertz CT molecular complexity index is 730. The number of aromatic nitrogens is 1. The molecule has 0 fully saturated rings. The maximum absolute atomic E-state index is 12.7. The topological polar surface area (TPSA) is 65.8 Å². The molecule has 1 heterocycles. The zero-order valence-electron chi connectivity index (χ0n) is 14.4. The van der Waals surface area contributed by atoms with Crippen LogP contribution in [0.3, 0.4) is 0 Å². The van der Waals surface area contributed by atoms with Crippen LogP contribution in [0, 0.1) is 24.2 Å². The highest BCUT2D eigenvalue weighted by Crippen LogP contribution is 2.27. The van der Waals surface area contributed by atoms with Gasteiger partial charge in [0.15, 0.2) is 0 Å². The molecule has 1 atom stereocenters. The van der Waals surface area contributed by atoms with E-state index in [1.807, 2.05) is 30.3 Å². The predicted molar refractivity (Wildman–Crippen MR) is 94.4 cm³/mol. The summed E-state index contributed by atoms with van der Waals surface area (Å²) in [6.45, 7) is 6.02. The third-order valence-corrected chi connectivity index (χ3v) is 4.40. The van der Waals surface area contributed by atoms with Crippen molar-refractivity contribution in [3.63, 3.8) is 0 Å². The van der Waals surface area contributed by atoms with Crippen molar-refractivity contribution < 1.29 is 4.79 Å². The summed E-state index contributed by atoms with van der Waals surface area (Å²) in [6.07, 6.45) is 1.96. The highest BCUT2D eigenvalue weighted by Gasteiger charge is 2.23. The van der Waals surface area contributed by atoms with E-state index in [0.717, 1.165) is 18.4 Å². The van der Waals surface area contributed by atoms with Crippen molar-refractivity contribution in [3.8, 4) is 6.07 Å². The molecule has 24 heavy (non-hydrogen) atoms. The number of hydrogen-bond donors (Lipinski definition) is 1. The van der Waals surface area contributed by atoms with Crippen molar-refractivity contribution in [1.82, 2.24) is 10.3 Å². The molecule has 4 nitrogen and oxygen atoms in total. The molecular formula is C20H23N3O. The van der Waals surface area contributed by atoms with Crippen LogP contribution in [-0.4, -0.2) is 10.9 Å². The minimum Gasteiger partial charge on any atom is -0.344 e. The van der Waals surface area contributed by atoms with Crippen LogP contribution in [0.2, 0.25) is 0 Å². The minimum atomic E-state index is -0.205. The smallest absolute Gasteiger partial charge is 0.270 e. The molecule has 0 radical (unpaired) electrons. The van der Waals surface area contributed by atoms with Crippen LogP contribution in [-0.2, 0) is 0 Å². The normalized spacial score (nSPS) is 11.8. The lowest BCUT2D eigenvalue weighted by Gasteiger charge is -2.27. The average Bonchev–Trinajstić information content (AvgIpc) is 2.62. The van der Waals surface area contributed by atoms with Crippen molar-refractivity contribution in [2.75, 3.05) is 0 Å². The van der Waals surface area contributed by atoms with Gasteiger partial charge >= 0.3 is 0 Å². The molecular weight excluding hydrogens is 298 g/mol. The number of carbonyl (C=O) groups excluding carboxylic acids is 1. The summed E-state index contributed by atoms with van der Waals surface area (Å²) in [6, 6.07) is 15.3. The number of hydrogen-bond acceptors (Lipinski definition) is 3. The Balaban J connectivity index is 2.27. The fourth-order valence-corrected chi connectivity index (χ4v) is 2.91. The van der Waals surface area contributed by atoms with Gasteiger partial charge in [-0.05, 0) is 30.5 Å². The Morgan fingerprint density at radius 1 is 1.17 bits per heavy atom. The number of benzene rings is 1. The van der Waals surface area contributed by atoms with Crippen LogP contribution < -0.4 is 5.32 Å². The van der Waals surface area contributed by atoms with E-state index in [2.05, 4.69) is 30.2 Å². The van der Waals surface area contributed by atoms with E-state index in [-0.39, 0.29) is 11.9 Å². The minimum absolute atomic E-state index is 0.0496. The van der Waals surface area contributed by atoms with E-state index in [0.29, 0.717) is 22.9 Å². The lowest BCUT2D eigenvalue weighted by atomic mass is 9.88. The summed E-state index contributed by atoms with van der Waals surface area (Å²) in [5.41, 5.74) is 2.51. The molecule has 0 aliphatic carbocycles. The highest BCUT2D eigenvalue weighted by atomic mass is 16.1. The number of nitrogens with one attached hydrogen (secondary N) is 1. The van der Waals surface area contributed by atoms with Crippen molar-refractivity contribution in [2.45, 2.75) is 39.7 Å². The van der Waals surface area contributed by atoms with Gasteiger partial charge in [-0.2, -0.15) is 5.26 Å². The zero-order valence-corrected chi connectivity index (χ0v) is 14.4. The van der Waals surface area contributed by atoms with Crippen LogP contribution >= 0.6 is 0 Å². The molecule has 1 aromatic carbocycles. The monoisotopic (exact) mass is 321 g/mol. The fourth-order valence-electron chi connectivity index (χ4n) is 2.91. The molecule has 0 saturated heterocycles. The number of aryl methyl sites for hydroxylation is 1. The molecule has 0 spiro atoms. The summed E-state index contributed by atoms with van der Waals surface area (Å²) in [7, 11) is 0. The van der Waals surface area contributed by atoms with Crippen LogP contribution in [0.15, 0.2) is 42.5 Å². The zero-order chi connectivity index (χ0) is 17.5. The lowest BCUT2D eigenvalue weighted by Crippen LogP contribution is -2.33. The Morgan fingerprint density at radius 3 is 2.38 bits per heavy atom. The van der Waals surface area contributed by atoms with Crippen molar-refractivity contribution in [3.05, 3.63) is 65.0 Å². The van der Waals surface area contributed by atoms with Crippen LogP contribution in [0.25, 0.3) is 0 Å². The van der Waals surface area contributed by atoms with Gasteiger partial charge in [0.25, 0.3) is 5.91 Å². The Morgan fingerprint density at radius 2 is 1.83 bits per heavy atom. The van der Waals surface area contributed by atoms with Crippen molar-refractivity contribution in [2.24, 2.45) is 5.92 Å². The number of nitrogens with zero attached hydrogens (tertiary/aromatic N) is 2. The molecule has 0 aliphatic heterocycles.